The summed E-state index contributed by atoms with van der Waals surface area (Å²) in [6.07, 6.45) is 0.992. The lowest BCUT2D eigenvalue weighted by molar-refractivity contribution is 0.0790. The molecule has 0 fully saturated rings. The van der Waals surface area contributed by atoms with Crippen LogP contribution in [0.1, 0.15) is 18.6 Å². The van der Waals surface area contributed by atoms with Crippen LogP contribution in [0.4, 0.5) is 4.39 Å². The highest BCUT2D eigenvalue weighted by molar-refractivity contribution is 6.76. The van der Waals surface area contributed by atoms with Crippen molar-refractivity contribution in [3.63, 3.8) is 0 Å². The lowest BCUT2D eigenvalue weighted by Crippen LogP contribution is -2.22. The predicted molar refractivity (Wildman–Crippen MR) is 111 cm³/mol. The number of aromatic nitrogens is 2. The van der Waals surface area contributed by atoms with Crippen LogP contribution in [0.5, 0.6) is 0 Å². The van der Waals surface area contributed by atoms with E-state index in [1.807, 2.05) is 0 Å². The molecule has 0 aliphatic heterocycles. The van der Waals surface area contributed by atoms with Crippen molar-refractivity contribution in [3.8, 4) is 0 Å². The molecule has 27 heavy (non-hydrogen) atoms. The second-order valence-corrected chi connectivity index (χ2v) is 15.4. The molecule has 0 amide bonds. The molecule has 1 aromatic heterocycles. The van der Waals surface area contributed by atoms with Gasteiger partial charge in [-0.15, -0.1) is 0 Å². The summed E-state index contributed by atoms with van der Waals surface area (Å²) >= 11 is 16.9. The fourth-order valence-electron chi connectivity index (χ4n) is 2.39. The van der Waals surface area contributed by atoms with E-state index in [2.05, 4.69) is 24.7 Å². The number of alkyl halides is 3. The molecule has 0 aliphatic rings. The van der Waals surface area contributed by atoms with Gasteiger partial charge in [-0.3, -0.25) is 5.41 Å². The second-order valence-electron chi connectivity index (χ2n) is 7.54. The van der Waals surface area contributed by atoms with Gasteiger partial charge in [0.15, 0.2) is 0 Å². The molecule has 0 bridgehead atoms. The van der Waals surface area contributed by atoms with Crippen molar-refractivity contribution in [2.24, 2.45) is 0 Å². The van der Waals surface area contributed by atoms with Gasteiger partial charge in [0.25, 0.3) is 3.79 Å². The quantitative estimate of drug-likeness (QED) is 0.186. The zero-order chi connectivity index (χ0) is 20.4. The molecule has 10 heteroatoms. The summed E-state index contributed by atoms with van der Waals surface area (Å²) in [5.74, 6) is -0.973. The van der Waals surface area contributed by atoms with Crippen LogP contribution in [0.3, 0.4) is 0 Å². The van der Waals surface area contributed by atoms with Crippen molar-refractivity contribution in [3.05, 3.63) is 29.7 Å². The van der Waals surface area contributed by atoms with Gasteiger partial charge in [-0.2, -0.15) is 5.10 Å². The minimum absolute atomic E-state index is 0.277. The van der Waals surface area contributed by atoms with Gasteiger partial charge in [-0.05, 0) is 25.1 Å². The lowest BCUT2D eigenvalue weighted by atomic mass is 10.1. The van der Waals surface area contributed by atoms with Crippen LogP contribution in [0.2, 0.25) is 25.7 Å². The Bertz CT molecular complexity index is 818. The Labute approximate surface area is 174 Å². The lowest BCUT2D eigenvalue weighted by Gasteiger charge is -2.19. The Morgan fingerprint density at radius 2 is 2.00 bits per heavy atom. The Kier molecular flexibility index (Phi) is 7.19. The predicted octanol–water partition coefficient (Wildman–Crippen LogP) is 5.91. The number of hydrogen-bond donors (Lipinski definition) is 1. The van der Waals surface area contributed by atoms with Crippen molar-refractivity contribution in [2.75, 3.05) is 6.61 Å². The van der Waals surface area contributed by atoms with E-state index in [-0.39, 0.29) is 6.73 Å². The molecule has 1 heterocycles. The van der Waals surface area contributed by atoms with Crippen molar-refractivity contribution >= 4 is 59.7 Å². The van der Waals surface area contributed by atoms with Crippen molar-refractivity contribution in [2.45, 2.75) is 49.2 Å². The van der Waals surface area contributed by atoms with Gasteiger partial charge >= 0.3 is 0 Å². The summed E-state index contributed by atoms with van der Waals surface area (Å²) < 4.78 is 24.7. The summed E-state index contributed by atoms with van der Waals surface area (Å²) in [6, 6.07) is 3.75. The van der Waals surface area contributed by atoms with Crippen molar-refractivity contribution in [1.82, 2.24) is 9.78 Å². The number of fused-ring (bicyclic) bond motifs is 1. The topological polar surface area (TPSA) is 60.1 Å². The fraction of sp³-hybridized carbons (Fsp3) is 0.529. The molecule has 2 aromatic rings. The van der Waals surface area contributed by atoms with Gasteiger partial charge < -0.3 is 9.47 Å². The molecule has 2 rings (SSSR count). The molecule has 0 radical (unpaired) electrons. The van der Waals surface area contributed by atoms with E-state index in [0.29, 0.717) is 23.1 Å². The number of halogens is 4. The van der Waals surface area contributed by atoms with Crippen LogP contribution in [0.15, 0.2) is 18.3 Å². The number of benzene rings is 1. The smallest absolute Gasteiger partial charge is 0.265 e. The first-order valence-corrected chi connectivity index (χ1v) is 13.3. The molecule has 1 aromatic carbocycles. The molecule has 0 aliphatic carbocycles. The Balaban J connectivity index is 2.17. The van der Waals surface area contributed by atoms with E-state index < -0.39 is 29.7 Å². The van der Waals surface area contributed by atoms with Crippen LogP contribution >= 0.6 is 34.8 Å². The summed E-state index contributed by atoms with van der Waals surface area (Å²) in [5.41, 5.74) is 1.01. The summed E-state index contributed by atoms with van der Waals surface area (Å²) in [6.45, 7) is 9.42. The fourth-order valence-corrected chi connectivity index (χ4v) is 3.28. The standard InChI is InChI=1S/C17H23Cl3FN3O2Si/c1-11(26-16(22)17(18,19)20)14-8-13(21)7-12-9-24(23-15(12)14)10-25-5-6-27(2,3)4/h7-9,11,22H,5-6,10H2,1-4H3. The zero-order valence-electron chi connectivity index (χ0n) is 15.7. The average molecular weight is 455 g/mol. The van der Waals surface area contributed by atoms with E-state index in [4.69, 9.17) is 49.7 Å². The van der Waals surface area contributed by atoms with Gasteiger partial charge in [0, 0.05) is 31.8 Å². The van der Waals surface area contributed by atoms with E-state index in [1.54, 1.807) is 17.8 Å². The molecule has 0 saturated carbocycles. The summed E-state index contributed by atoms with van der Waals surface area (Å²) in [7, 11) is -1.16. The number of hydrogen-bond acceptors (Lipinski definition) is 4. The molecule has 1 N–H and O–H groups in total. The highest BCUT2D eigenvalue weighted by Crippen LogP contribution is 2.32. The maximum atomic E-state index is 14.0. The molecule has 0 spiro atoms. The highest BCUT2D eigenvalue weighted by atomic mass is 35.6. The van der Waals surface area contributed by atoms with E-state index in [1.165, 1.54) is 12.1 Å². The molecule has 1 atom stereocenters. The number of rotatable bonds is 7. The van der Waals surface area contributed by atoms with E-state index >= 15 is 0 Å². The Hall–Kier alpha value is -0.863. The van der Waals surface area contributed by atoms with E-state index in [9.17, 15) is 4.39 Å². The maximum absolute atomic E-state index is 14.0. The van der Waals surface area contributed by atoms with Gasteiger partial charge in [-0.25, -0.2) is 9.07 Å². The third-order valence-corrected chi connectivity index (χ3v) is 6.08. The zero-order valence-corrected chi connectivity index (χ0v) is 18.9. The first-order valence-electron chi connectivity index (χ1n) is 8.43. The number of nitrogens with zero attached hydrogens (tertiary/aromatic N) is 2. The second kappa shape index (κ2) is 8.65. The van der Waals surface area contributed by atoms with Crippen molar-refractivity contribution < 1.29 is 13.9 Å². The number of ether oxygens (including phenoxy) is 2. The van der Waals surface area contributed by atoms with Crippen LogP contribution in [0.25, 0.3) is 10.9 Å². The largest absolute Gasteiger partial charge is 0.470 e. The van der Waals surface area contributed by atoms with Gasteiger partial charge in [0.2, 0.25) is 5.90 Å². The average Bonchev–Trinajstić information content (AvgIpc) is 2.91. The molecule has 5 nitrogen and oxygen atoms in total. The van der Waals surface area contributed by atoms with Crippen LogP contribution in [-0.4, -0.2) is 34.2 Å². The Morgan fingerprint density at radius 3 is 2.59 bits per heavy atom. The van der Waals surface area contributed by atoms with Crippen molar-refractivity contribution in [1.29, 1.82) is 5.41 Å². The molecular weight excluding hydrogens is 432 g/mol. The molecular formula is C17H23Cl3FN3O2Si. The van der Waals surface area contributed by atoms with Crippen LogP contribution in [0, 0.1) is 11.2 Å². The number of nitrogens with one attached hydrogen (secondary N) is 1. The SMILES string of the molecule is CC(OC(=N)C(Cl)(Cl)Cl)c1cc(F)cc2cn(COCC[Si](C)(C)C)nc12. The molecule has 1 unspecified atom stereocenters. The summed E-state index contributed by atoms with van der Waals surface area (Å²) in [4.78, 5) is 0. The van der Waals surface area contributed by atoms with Crippen LogP contribution < -0.4 is 0 Å². The van der Waals surface area contributed by atoms with E-state index in [0.717, 1.165) is 6.04 Å². The van der Waals surface area contributed by atoms with Gasteiger partial charge in [0.1, 0.15) is 18.7 Å². The third kappa shape index (κ3) is 6.60. The van der Waals surface area contributed by atoms with Crippen LogP contribution in [-0.2, 0) is 16.2 Å². The van der Waals surface area contributed by atoms with Gasteiger partial charge in [0.05, 0.1) is 5.52 Å². The normalized spacial score (nSPS) is 13.8. The first-order chi connectivity index (χ1) is 12.4. The summed E-state index contributed by atoms with van der Waals surface area (Å²) in [5, 5.41) is 12.8. The molecule has 0 saturated heterocycles. The third-order valence-electron chi connectivity index (χ3n) is 3.86. The minimum Gasteiger partial charge on any atom is -0.470 e. The monoisotopic (exact) mass is 453 g/mol. The highest BCUT2D eigenvalue weighted by Gasteiger charge is 2.31. The molecule has 150 valence electrons. The Morgan fingerprint density at radius 1 is 1.33 bits per heavy atom. The van der Waals surface area contributed by atoms with Gasteiger partial charge in [-0.1, -0.05) is 54.4 Å². The maximum Gasteiger partial charge on any atom is 0.265 e. The minimum atomic E-state index is -1.98. The first kappa shape index (κ1) is 22.4.